The van der Waals surface area contributed by atoms with Gasteiger partial charge < -0.3 is 5.11 Å². The molecule has 0 saturated carbocycles. The van der Waals surface area contributed by atoms with Crippen molar-refractivity contribution in [2.75, 3.05) is 0 Å². The van der Waals surface area contributed by atoms with Crippen molar-refractivity contribution in [1.82, 2.24) is 0 Å². The van der Waals surface area contributed by atoms with Crippen LogP contribution in [0, 0.1) is 0 Å². The van der Waals surface area contributed by atoms with Crippen LogP contribution in [0.1, 0.15) is 58.8 Å². The highest BCUT2D eigenvalue weighted by Gasteiger charge is 1.94. The van der Waals surface area contributed by atoms with E-state index in [-0.39, 0.29) is 6.10 Å². The van der Waals surface area contributed by atoms with E-state index in [2.05, 4.69) is 18.2 Å². The Morgan fingerprint density at radius 3 is 2.24 bits per heavy atom. The zero-order valence-electron chi connectivity index (χ0n) is 11.4. The van der Waals surface area contributed by atoms with E-state index in [9.17, 15) is 0 Å². The van der Waals surface area contributed by atoms with Crippen LogP contribution in [0.3, 0.4) is 0 Å². The number of hydrogen-bond acceptors (Lipinski definition) is 1. The molecule has 0 fully saturated rings. The molecule has 0 saturated heterocycles. The second-order valence-electron chi connectivity index (χ2n) is 4.53. The number of hydrogen-bond donors (Lipinski definition) is 1. The van der Waals surface area contributed by atoms with Crippen LogP contribution in [0.15, 0.2) is 36.5 Å². The number of rotatable bonds is 10. The Bertz CT molecular complexity index is 224. The molecule has 1 unspecified atom stereocenters. The third kappa shape index (κ3) is 15.2. The molecule has 0 aromatic carbocycles. The minimum absolute atomic E-state index is 0.123. The van der Waals surface area contributed by atoms with Crippen molar-refractivity contribution in [3.63, 3.8) is 0 Å². The van der Waals surface area contributed by atoms with Gasteiger partial charge in [0.15, 0.2) is 0 Å². The van der Waals surface area contributed by atoms with Gasteiger partial charge in [0.25, 0.3) is 0 Å². The summed E-state index contributed by atoms with van der Waals surface area (Å²) in [5, 5.41) is 9.09. The Labute approximate surface area is 107 Å². The molecule has 0 radical (unpaired) electrons. The molecular weight excluding hydrogens is 208 g/mol. The highest BCUT2D eigenvalue weighted by molar-refractivity contribution is 5.10. The predicted molar refractivity (Wildman–Crippen MR) is 77.1 cm³/mol. The molecule has 0 amide bonds. The lowest BCUT2D eigenvalue weighted by Crippen LogP contribution is -1.98. The topological polar surface area (TPSA) is 20.2 Å². The number of allylic oxidation sites excluding steroid dienone is 6. The average Bonchev–Trinajstić information content (AvgIpc) is 2.30. The molecule has 0 heterocycles. The standard InChI is InChI=1S/C16H28O/c1-3-4-5-6-7-8-9-10-11-12-13-14-15-16(2)17/h3-8,16-17H,9-15H2,1-2H3. The lowest BCUT2D eigenvalue weighted by molar-refractivity contribution is 0.180. The van der Waals surface area contributed by atoms with Crippen LogP contribution >= 0.6 is 0 Å². The molecule has 0 spiro atoms. The highest BCUT2D eigenvalue weighted by atomic mass is 16.3. The van der Waals surface area contributed by atoms with Gasteiger partial charge in [-0.15, -0.1) is 0 Å². The fourth-order valence-corrected chi connectivity index (χ4v) is 1.65. The molecule has 0 aliphatic carbocycles. The lowest BCUT2D eigenvalue weighted by Gasteiger charge is -2.02. The molecule has 0 rings (SSSR count). The molecule has 1 atom stereocenters. The summed E-state index contributed by atoms with van der Waals surface area (Å²) in [7, 11) is 0. The van der Waals surface area contributed by atoms with E-state index < -0.39 is 0 Å². The van der Waals surface area contributed by atoms with Crippen molar-refractivity contribution in [2.45, 2.75) is 64.9 Å². The minimum atomic E-state index is -0.123. The normalized spacial score (nSPS) is 14.3. The van der Waals surface area contributed by atoms with Gasteiger partial charge in [0.05, 0.1) is 6.10 Å². The van der Waals surface area contributed by atoms with Crippen LogP contribution < -0.4 is 0 Å². The van der Waals surface area contributed by atoms with Crippen molar-refractivity contribution in [1.29, 1.82) is 0 Å². The first-order valence-corrected chi connectivity index (χ1v) is 6.90. The van der Waals surface area contributed by atoms with E-state index in [0.717, 1.165) is 6.42 Å². The summed E-state index contributed by atoms with van der Waals surface area (Å²) in [6.07, 6.45) is 20.9. The van der Waals surface area contributed by atoms with E-state index in [0.29, 0.717) is 0 Å². The smallest absolute Gasteiger partial charge is 0.0512 e. The van der Waals surface area contributed by atoms with E-state index in [1.54, 1.807) is 0 Å². The molecule has 0 aliphatic rings. The van der Waals surface area contributed by atoms with Crippen molar-refractivity contribution >= 4 is 0 Å². The zero-order chi connectivity index (χ0) is 12.8. The Morgan fingerprint density at radius 2 is 1.53 bits per heavy atom. The third-order valence-corrected chi connectivity index (χ3v) is 2.65. The SMILES string of the molecule is CC=CC=CC=CCCCCCCCC(C)O. The molecule has 0 aromatic rings. The summed E-state index contributed by atoms with van der Waals surface area (Å²) in [6, 6.07) is 0. The Kier molecular flexibility index (Phi) is 12.6. The number of aliphatic hydroxyl groups excluding tert-OH is 1. The molecule has 1 nitrogen and oxygen atoms in total. The zero-order valence-corrected chi connectivity index (χ0v) is 11.4. The maximum absolute atomic E-state index is 9.09. The van der Waals surface area contributed by atoms with Crippen molar-refractivity contribution in [3.05, 3.63) is 36.5 Å². The summed E-state index contributed by atoms with van der Waals surface area (Å²) in [5.41, 5.74) is 0. The molecular formula is C16H28O. The molecule has 98 valence electrons. The van der Waals surface area contributed by atoms with Gasteiger partial charge in [0.2, 0.25) is 0 Å². The fourth-order valence-electron chi connectivity index (χ4n) is 1.65. The lowest BCUT2D eigenvalue weighted by atomic mass is 10.1. The van der Waals surface area contributed by atoms with E-state index >= 15 is 0 Å². The summed E-state index contributed by atoms with van der Waals surface area (Å²) in [4.78, 5) is 0. The van der Waals surface area contributed by atoms with Crippen LogP contribution in [0.2, 0.25) is 0 Å². The van der Waals surface area contributed by atoms with Crippen LogP contribution in [-0.2, 0) is 0 Å². The van der Waals surface area contributed by atoms with E-state index in [4.69, 9.17) is 5.11 Å². The molecule has 1 N–H and O–H groups in total. The van der Waals surface area contributed by atoms with Gasteiger partial charge in [0, 0.05) is 0 Å². The van der Waals surface area contributed by atoms with Crippen molar-refractivity contribution in [3.8, 4) is 0 Å². The van der Waals surface area contributed by atoms with Gasteiger partial charge in [-0.2, -0.15) is 0 Å². The molecule has 17 heavy (non-hydrogen) atoms. The summed E-state index contributed by atoms with van der Waals surface area (Å²) in [5.74, 6) is 0. The minimum Gasteiger partial charge on any atom is -0.393 e. The van der Waals surface area contributed by atoms with Gasteiger partial charge in [-0.3, -0.25) is 0 Å². The quantitative estimate of drug-likeness (QED) is 0.427. The molecule has 0 aliphatic heterocycles. The fraction of sp³-hybridized carbons (Fsp3) is 0.625. The van der Waals surface area contributed by atoms with Gasteiger partial charge in [-0.1, -0.05) is 62.1 Å². The first kappa shape index (κ1) is 16.2. The van der Waals surface area contributed by atoms with Crippen molar-refractivity contribution in [2.24, 2.45) is 0 Å². The maximum Gasteiger partial charge on any atom is 0.0512 e. The first-order chi connectivity index (χ1) is 8.27. The van der Waals surface area contributed by atoms with Gasteiger partial charge >= 0.3 is 0 Å². The Morgan fingerprint density at radius 1 is 0.882 bits per heavy atom. The summed E-state index contributed by atoms with van der Waals surface area (Å²) < 4.78 is 0. The monoisotopic (exact) mass is 236 g/mol. The van der Waals surface area contributed by atoms with Gasteiger partial charge in [-0.05, 0) is 33.1 Å². The number of aliphatic hydroxyl groups is 1. The van der Waals surface area contributed by atoms with Crippen molar-refractivity contribution < 1.29 is 5.11 Å². The largest absolute Gasteiger partial charge is 0.393 e. The number of unbranched alkanes of at least 4 members (excludes halogenated alkanes) is 5. The van der Waals surface area contributed by atoms with Crippen LogP contribution in [0.4, 0.5) is 0 Å². The molecule has 0 aromatic heterocycles. The van der Waals surface area contributed by atoms with Gasteiger partial charge in [-0.25, -0.2) is 0 Å². The summed E-state index contributed by atoms with van der Waals surface area (Å²) >= 11 is 0. The first-order valence-electron chi connectivity index (χ1n) is 6.90. The molecule has 0 bridgehead atoms. The van der Waals surface area contributed by atoms with Crippen LogP contribution in [0.25, 0.3) is 0 Å². The maximum atomic E-state index is 9.09. The third-order valence-electron chi connectivity index (χ3n) is 2.65. The van der Waals surface area contributed by atoms with Crippen LogP contribution in [-0.4, -0.2) is 11.2 Å². The van der Waals surface area contributed by atoms with E-state index in [1.807, 2.05) is 32.1 Å². The highest BCUT2D eigenvalue weighted by Crippen LogP contribution is 2.08. The summed E-state index contributed by atoms with van der Waals surface area (Å²) in [6.45, 7) is 3.89. The second kappa shape index (κ2) is 13.2. The average molecular weight is 236 g/mol. The predicted octanol–water partition coefficient (Wildman–Crippen LogP) is 4.79. The molecule has 1 heteroatoms. The Hall–Kier alpha value is -0.820. The van der Waals surface area contributed by atoms with E-state index in [1.165, 1.54) is 38.5 Å². The second-order valence-corrected chi connectivity index (χ2v) is 4.53. The van der Waals surface area contributed by atoms with Gasteiger partial charge in [0.1, 0.15) is 0 Å². The van der Waals surface area contributed by atoms with Crippen LogP contribution in [0.5, 0.6) is 0 Å². The Balaban J connectivity index is 3.18.